The van der Waals surface area contributed by atoms with Crippen molar-refractivity contribution in [1.82, 2.24) is 4.57 Å². The molecule has 2 heteroatoms. The zero-order chi connectivity index (χ0) is 13.5. The summed E-state index contributed by atoms with van der Waals surface area (Å²) in [6.45, 7) is 3.87. The number of aryl methyl sites for hydroxylation is 1. The van der Waals surface area contributed by atoms with E-state index >= 15 is 0 Å². The van der Waals surface area contributed by atoms with E-state index in [0.29, 0.717) is 11.3 Å². The SMILES string of the molecule is [2H]C([2H])(C)n1ccc2c(C(C)C)cccc2c1=O. The molecular formula is C14H17NO. The topological polar surface area (TPSA) is 22.0 Å². The van der Waals surface area contributed by atoms with Crippen LogP contribution in [0.5, 0.6) is 0 Å². The number of nitrogens with zero attached hydrogens (tertiary/aromatic N) is 1. The second-order valence-electron chi connectivity index (χ2n) is 4.18. The van der Waals surface area contributed by atoms with Gasteiger partial charge in [0.25, 0.3) is 5.56 Å². The minimum absolute atomic E-state index is 0.275. The zero-order valence-electron chi connectivity index (χ0n) is 11.8. The van der Waals surface area contributed by atoms with E-state index in [1.54, 1.807) is 6.07 Å². The van der Waals surface area contributed by atoms with Crippen LogP contribution in [0.15, 0.2) is 35.3 Å². The van der Waals surface area contributed by atoms with Crippen molar-refractivity contribution in [2.75, 3.05) is 0 Å². The molecule has 0 N–H and O–H groups in total. The number of hydrogen-bond acceptors (Lipinski definition) is 1. The fourth-order valence-corrected chi connectivity index (χ4v) is 1.98. The lowest BCUT2D eigenvalue weighted by atomic mass is 9.97. The third-order valence-corrected chi connectivity index (χ3v) is 2.84. The molecule has 1 aromatic carbocycles. The Hall–Kier alpha value is -1.57. The Morgan fingerprint density at radius 2 is 2.06 bits per heavy atom. The summed E-state index contributed by atoms with van der Waals surface area (Å²) in [5.41, 5.74) is 0.843. The van der Waals surface area contributed by atoms with E-state index in [9.17, 15) is 4.79 Å². The van der Waals surface area contributed by atoms with Crippen LogP contribution in [0, 0.1) is 0 Å². The van der Waals surface area contributed by atoms with Gasteiger partial charge in [-0.25, -0.2) is 0 Å². The van der Waals surface area contributed by atoms with E-state index in [0.717, 1.165) is 15.5 Å². The predicted molar refractivity (Wildman–Crippen MR) is 68.0 cm³/mol. The molecule has 0 saturated carbocycles. The van der Waals surface area contributed by atoms with Crippen LogP contribution in [0.2, 0.25) is 0 Å². The third-order valence-electron chi connectivity index (χ3n) is 2.84. The van der Waals surface area contributed by atoms with Gasteiger partial charge in [-0.05, 0) is 35.9 Å². The molecule has 0 unspecified atom stereocenters. The lowest BCUT2D eigenvalue weighted by Gasteiger charge is -2.11. The first-order valence-corrected chi connectivity index (χ1v) is 5.47. The van der Waals surface area contributed by atoms with Gasteiger partial charge in [0.1, 0.15) is 0 Å². The van der Waals surface area contributed by atoms with Crippen LogP contribution in [0.4, 0.5) is 0 Å². The molecule has 0 amide bonds. The van der Waals surface area contributed by atoms with E-state index in [1.165, 1.54) is 13.1 Å². The quantitative estimate of drug-likeness (QED) is 0.757. The Bertz CT molecular complexity index is 638. The van der Waals surface area contributed by atoms with Gasteiger partial charge in [-0.3, -0.25) is 4.79 Å². The van der Waals surface area contributed by atoms with Gasteiger partial charge in [0, 0.05) is 20.8 Å². The molecule has 0 bridgehead atoms. The summed E-state index contributed by atoms with van der Waals surface area (Å²) in [5.74, 6) is 0.335. The lowest BCUT2D eigenvalue weighted by Crippen LogP contribution is -2.18. The van der Waals surface area contributed by atoms with Crippen molar-refractivity contribution in [2.45, 2.75) is 33.2 Å². The molecule has 0 fully saturated rings. The monoisotopic (exact) mass is 217 g/mol. The second-order valence-corrected chi connectivity index (χ2v) is 4.18. The van der Waals surface area contributed by atoms with E-state index in [2.05, 4.69) is 13.8 Å². The minimum Gasteiger partial charge on any atom is -0.315 e. The van der Waals surface area contributed by atoms with Crippen molar-refractivity contribution in [1.29, 1.82) is 0 Å². The summed E-state index contributed by atoms with van der Waals surface area (Å²) in [7, 11) is 0. The second kappa shape index (κ2) is 4.12. The fourth-order valence-electron chi connectivity index (χ4n) is 1.98. The van der Waals surface area contributed by atoms with Crippen molar-refractivity contribution in [3.8, 4) is 0 Å². The van der Waals surface area contributed by atoms with Crippen molar-refractivity contribution in [3.05, 3.63) is 46.4 Å². The molecule has 0 radical (unpaired) electrons. The van der Waals surface area contributed by atoms with E-state index in [-0.39, 0.29) is 5.56 Å². The first kappa shape index (κ1) is 8.57. The molecule has 0 saturated heterocycles. The third kappa shape index (κ3) is 1.64. The highest BCUT2D eigenvalue weighted by atomic mass is 16.1. The van der Waals surface area contributed by atoms with Crippen LogP contribution in [0.3, 0.4) is 0 Å². The molecule has 84 valence electrons. The summed E-state index contributed by atoms with van der Waals surface area (Å²) in [6, 6.07) is 7.45. The normalized spacial score (nSPS) is 14.0. The minimum atomic E-state index is -1.68. The number of rotatable bonds is 2. The van der Waals surface area contributed by atoms with E-state index in [1.807, 2.05) is 18.2 Å². The highest BCUT2D eigenvalue weighted by Crippen LogP contribution is 2.22. The maximum Gasteiger partial charge on any atom is 0.258 e. The molecular weight excluding hydrogens is 198 g/mol. The van der Waals surface area contributed by atoms with E-state index < -0.39 is 6.50 Å². The molecule has 1 heterocycles. The summed E-state index contributed by atoms with van der Waals surface area (Å²) in [6.07, 6.45) is 1.54. The van der Waals surface area contributed by atoms with Crippen molar-refractivity contribution in [2.24, 2.45) is 0 Å². The molecule has 0 spiro atoms. The summed E-state index contributed by atoms with van der Waals surface area (Å²) < 4.78 is 16.5. The van der Waals surface area contributed by atoms with Crippen molar-refractivity contribution in [3.63, 3.8) is 0 Å². The van der Waals surface area contributed by atoms with Gasteiger partial charge in [-0.1, -0.05) is 26.0 Å². The molecule has 0 atom stereocenters. The van der Waals surface area contributed by atoms with Gasteiger partial charge in [-0.15, -0.1) is 0 Å². The van der Waals surface area contributed by atoms with Crippen LogP contribution in [-0.4, -0.2) is 4.57 Å². The van der Waals surface area contributed by atoms with Crippen molar-refractivity contribution >= 4 is 10.8 Å². The smallest absolute Gasteiger partial charge is 0.258 e. The highest BCUT2D eigenvalue weighted by molar-refractivity contribution is 5.85. The standard InChI is InChI=1S/C14H17NO/c1-4-15-9-8-12-11(10(2)3)6-5-7-13(12)14(15)16/h5-10H,4H2,1-3H3/i4D2. The van der Waals surface area contributed by atoms with Crippen molar-refractivity contribution < 1.29 is 2.74 Å². The number of benzene rings is 1. The summed E-state index contributed by atoms with van der Waals surface area (Å²) >= 11 is 0. The first-order valence-electron chi connectivity index (χ1n) is 6.47. The maximum atomic E-state index is 12.3. The van der Waals surface area contributed by atoms with Gasteiger partial charge in [0.15, 0.2) is 0 Å². The largest absolute Gasteiger partial charge is 0.315 e. The molecule has 2 aromatic rings. The number of fused-ring (bicyclic) bond motifs is 1. The molecule has 16 heavy (non-hydrogen) atoms. The summed E-state index contributed by atoms with van der Waals surface area (Å²) in [5, 5.41) is 1.49. The zero-order valence-corrected chi connectivity index (χ0v) is 9.82. The fraction of sp³-hybridized carbons (Fsp3) is 0.357. The Labute approximate surface area is 98.3 Å². The Morgan fingerprint density at radius 1 is 1.31 bits per heavy atom. The van der Waals surface area contributed by atoms with Crippen LogP contribution in [-0.2, 0) is 6.50 Å². The number of hydrogen-bond donors (Lipinski definition) is 0. The Morgan fingerprint density at radius 3 is 2.69 bits per heavy atom. The highest BCUT2D eigenvalue weighted by Gasteiger charge is 2.07. The van der Waals surface area contributed by atoms with Crippen LogP contribution < -0.4 is 5.56 Å². The molecule has 0 aliphatic heterocycles. The van der Waals surface area contributed by atoms with Crippen LogP contribution in [0.1, 0.15) is 35.0 Å². The molecule has 0 aliphatic rings. The van der Waals surface area contributed by atoms with Gasteiger partial charge in [-0.2, -0.15) is 0 Å². The number of pyridine rings is 1. The van der Waals surface area contributed by atoms with Gasteiger partial charge in [0.2, 0.25) is 0 Å². The molecule has 1 aromatic heterocycles. The molecule has 2 nitrogen and oxygen atoms in total. The lowest BCUT2D eigenvalue weighted by molar-refractivity contribution is 0.734. The van der Waals surface area contributed by atoms with Gasteiger partial charge >= 0.3 is 0 Å². The first-order chi connectivity index (χ1) is 8.32. The van der Waals surface area contributed by atoms with E-state index in [4.69, 9.17) is 2.74 Å². The summed E-state index contributed by atoms with van der Waals surface area (Å²) in [4.78, 5) is 12.3. The number of aromatic nitrogens is 1. The van der Waals surface area contributed by atoms with Gasteiger partial charge in [0.05, 0.1) is 0 Å². The molecule has 2 rings (SSSR count). The predicted octanol–water partition coefficient (Wildman–Crippen LogP) is 3.14. The Balaban J connectivity index is 2.82. The Kier molecular flexibility index (Phi) is 2.21. The molecule has 0 aliphatic carbocycles. The van der Waals surface area contributed by atoms with Crippen LogP contribution >= 0.6 is 0 Å². The average molecular weight is 217 g/mol. The average Bonchev–Trinajstić information content (AvgIpc) is 2.27. The van der Waals surface area contributed by atoms with Gasteiger partial charge < -0.3 is 4.57 Å². The maximum absolute atomic E-state index is 12.3. The van der Waals surface area contributed by atoms with Crippen LogP contribution in [0.25, 0.3) is 10.8 Å².